The molecule has 108 valence electrons. The second-order valence-corrected chi connectivity index (χ2v) is 6.62. The first-order valence-electron chi connectivity index (χ1n) is 6.88. The lowest BCUT2D eigenvalue weighted by atomic mass is 10.0. The summed E-state index contributed by atoms with van der Waals surface area (Å²) >= 11 is 7.93. The Hall–Kier alpha value is -0.780. The lowest BCUT2D eigenvalue weighted by Crippen LogP contribution is -2.37. The number of fused-ring (bicyclic) bond motifs is 1. The van der Waals surface area contributed by atoms with Crippen molar-refractivity contribution in [1.82, 2.24) is 9.97 Å². The summed E-state index contributed by atoms with van der Waals surface area (Å²) in [6.45, 7) is 7.64. The normalized spacial score (nSPS) is 19.0. The number of morpholine rings is 1. The van der Waals surface area contributed by atoms with Gasteiger partial charge in [-0.3, -0.25) is 0 Å². The first-order valence-corrected chi connectivity index (χ1v) is 8.25. The summed E-state index contributed by atoms with van der Waals surface area (Å²) < 4.78 is 5.41. The minimum absolute atomic E-state index is 0.326. The molecule has 1 saturated heterocycles. The number of halogens is 1. The van der Waals surface area contributed by atoms with Gasteiger partial charge in [-0.05, 0) is 23.6 Å². The standard InChI is InChI=1S/C14H18ClN3OS/c1-9(2)10-7-11-12(20-8-10)13(17-14(15)16-11)18-3-5-19-6-4-18/h7,9H,3-6,8H2,1-2H3. The predicted octanol–water partition coefficient (Wildman–Crippen LogP) is 3.11. The van der Waals surface area contributed by atoms with Crippen molar-refractivity contribution in [3.05, 3.63) is 16.6 Å². The Kier molecular flexibility index (Phi) is 4.19. The maximum absolute atomic E-state index is 6.11. The Balaban J connectivity index is 2.00. The molecule has 0 aromatic carbocycles. The Bertz CT molecular complexity index is 541. The molecule has 4 nitrogen and oxygen atoms in total. The lowest BCUT2D eigenvalue weighted by molar-refractivity contribution is 0.122. The molecule has 0 unspecified atom stereocenters. The van der Waals surface area contributed by atoms with E-state index in [1.54, 1.807) is 0 Å². The van der Waals surface area contributed by atoms with E-state index in [2.05, 4.69) is 34.8 Å². The van der Waals surface area contributed by atoms with Crippen LogP contribution in [0.3, 0.4) is 0 Å². The molecule has 0 radical (unpaired) electrons. The molecule has 20 heavy (non-hydrogen) atoms. The van der Waals surface area contributed by atoms with Gasteiger partial charge in [-0.15, -0.1) is 11.8 Å². The van der Waals surface area contributed by atoms with E-state index in [0.29, 0.717) is 11.2 Å². The molecule has 2 aliphatic heterocycles. The topological polar surface area (TPSA) is 38.2 Å². The quantitative estimate of drug-likeness (QED) is 0.785. The first-order chi connectivity index (χ1) is 9.65. The smallest absolute Gasteiger partial charge is 0.224 e. The van der Waals surface area contributed by atoms with Crippen LogP contribution < -0.4 is 4.90 Å². The van der Waals surface area contributed by atoms with Gasteiger partial charge in [-0.25, -0.2) is 4.98 Å². The van der Waals surface area contributed by atoms with Crippen molar-refractivity contribution in [2.75, 3.05) is 37.0 Å². The molecule has 1 aromatic rings. The van der Waals surface area contributed by atoms with E-state index in [1.165, 1.54) is 5.57 Å². The van der Waals surface area contributed by atoms with Crippen molar-refractivity contribution in [2.24, 2.45) is 5.92 Å². The van der Waals surface area contributed by atoms with E-state index < -0.39 is 0 Å². The molecular formula is C14H18ClN3OS. The maximum atomic E-state index is 6.11. The highest BCUT2D eigenvalue weighted by atomic mass is 35.5. The van der Waals surface area contributed by atoms with Crippen LogP contribution in [-0.2, 0) is 4.74 Å². The summed E-state index contributed by atoms with van der Waals surface area (Å²) in [4.78, 5) is 12.3. The van der Waals surface area contributed by atoms with Gasteiger partial charge in [0.15, 0.2) is 0 Å². The van der Waals surface area contributed by atoms with Gasteiger partial charge in [0.05, 0.1) is 23.8 Å². The van der Waals surface area contributed by atoms with Crippen LogP contribution in [-0.4, -0.2) is 42.0 Å². The number of nitrogens with zero attached hydrogens (tertiary/aromatic N) is 3. The summed E-state index contributed by atoms with van der Waals surface area (Å²) in [5.41, 5.74) is 2.37. The fourth-order valence-corrected chi connectivity index (χ4v) is 3.81. The van der Waals surface area contributed by atoms with Gasteiger partial charge in [0.25, 0.3) is 0 Å². The summed E-state index contributed by atoms with van der Waals surface area (Å²) in [6.07, 6.45) is 2.17. The Morgan fingerprint density at radius 2 is 2.05 bits per heavy atom. The van der Waals surface area contributed by atoms with Crippen LogP contribution in [0.4, 0.5) is 5.82 Å². The fourth-order valence-electron chi connectivity index (χ4n) is 2.36. The molecular weight excluding hydrogens is 294 g/mol. The second-order valence-electron chi connectivity index (χ2n) is 5.29. The van der Waals surface area contributed by atoms with Crippen molar-refractivity contribution < 1.29 is 4.74 Å². The molecule has 0 aliphatic carbocycles. The third-order valence-electron chi connectivity index (χ3n) is 3.60. The van der Waals surface area contributed by atoms with Crippen LogP contribution in [0.5, 0.6) is 0 Å². The van der Waals surface area contributed by atoms with Gasteiger partial charge in [-0.1, -0.05) is 19.4 Å². The molecule has 0 amide bonds. The number of anilines is 1. The monoisotopic (exact) mass is 311 g/mol. The van der Waals surface area contributed by atoms with Crippen molar-refractivity contribution in [1.29, 1.82) is 0 Å². The largest absolute Gasteiger partial charge is 0.378 e. The van der Waals surface area contributed by atoms with Gasteiger partial charge >= 0.3 is 0 Å². The molecule has 0 saturated carbocycles. The van der Waals surface area contributed by atoms with Gasteiger partial charge in [0.1, 0.15) is 5.82 Å². The van der Waals surface area contributed by atoms with E-state index in [1.807, 2.05) is 11.8 Å². The number of hydrogen-bond acceptors (Lipinski definition) is 5. The molecule has 1 aromatic heterocycles. The number of rotatable bonds is 2. The molecule has 0 spiro atoms. The minimum atomic E-state index is 0.326. The third kappa shape index (κ3) is 2.80. The van der Waals surface area contributed by atoms with Crippen molar-refractivity contribution in [3.8, 4) is 0 Å². The highest BCUT2D eigenvalue weighted by molar-refractivity contribution is 7.99. The van der Waals surface area contributed by atoms with Crippen LogP contribution in [0.2, 0.25) is 5.28 Å². The van der Waals surface area contributed by atoms with Crippen LogP contribution in [0.1, 0.15) is 19.5 Å². The summed E-state index contributed by atoms with van der Waals surface area (Å²) in [5.74, 6) is 2.51. The van der Waals surface area contributed by atoms with Gasteiger partial charge in [0.2, 0.25) is 5.28 Å². The zero-order chi connectivity index (χ0) is 14.1. The van der Waals surface area contributed by atoms with Gasteiger partial charge < -0.3 is 9.64 Å². The fraction of sp³-hybridized carbons (Fsp3) is 0.571. The highest BCUT2D eigenvalue weighted by Crippen LogP contribution is 2.39. The van der Waals surface area contributed by atoms with E-state index in [9.17, 15) is 0 Å². The number of ether oxygens (including phenoxy) is 1. The number of thioether (sulfide) groups is 1. The average Bonchev–Trinajstić information content (AvgIpc) is 2.46. The van der Waals surface area contributed by atoms with E-state index in [-0.39, 0.29) is 0 Å². The SMILES string of the molecule is CC(C)C1=Cc2nc(Cl)nc(N3CCOCC3)c2SC1. The minimum Gasteiger partial charge on any atom is -0.378 e. The zero-order valence-electron chi connectivity index (χ0n) is 11.7. The van der Waals surface area contributed by atoms with Gasteiger partial charge in [0, 0.05) is 18.8 Å². The van der Waals surface area contributed by atoms with Crippen LogP contribution in [0.25, 0.3) is 6.08 Å². The third-order valence-corrected chi connectivity index (χ3v) is 4.93. The molecule has 1 fully saturated rings. The van der Waals surface area contributed by atoms with Gasteiger partial charge in [-0.2, -0.15) is 4.98 Å². The average molecular weight is 312 g/mol. The second kappa shape index (κ2) is 5.92. The van der Waals surface area contributed by atoms with Crippen LogP contribution >= 0.6 is 23.4 Å². The Labute approximate surface area is 128 Å². The van der Waals surface area contributed by atoms with Crippen molar-refractivity contribution in [2.45, 2.75) is 18.7 Å². The molecule has 0 atom stereocenters. The predicted molar refractivity (Wildman–Crippen MR) is 83.6 cm³/mol. The van der Waals surface area contributed by atoms with Crippen LogP contribution in [0.15, 0.2) is 10.5 Å². The lowest BCUT2D eigenvalue weighted by Gasteiger charge is -2.30. The van der Waals surface area contributed by atoms with E-state index in [0.717, 1.165) is 48.5 Å². The Morgan fingerprint density at radius 1 is 1.30 bits per heavy atom. The summed E-state index contributed by atoms with van der Waals surface area (Å²) in [5, 5.41) is 0.326. The molecule has 6 heteroatoms. The van der Waals surface area contributed by atoms with Crippen molar-refractivity contribution >= 4 is 35.3 Å². The van der Waals surface area contributed by atoms with E-state index in [4.69, 9.17) is 16.3 Å². The van der Waals surface area contributed by atoms with Crippen LogP contribution in [0, 0.1) is 5.92 Å². The van der Waals surface area contributed by atoms with Crippen molar-refractivity contribution in [3.63, 3.8) is 0 Å². The maximum Gasteiger partial charge on any atom is 0.224 e. The zero-order valence-corrected chi connectivity index (χ0v) is 13.3. The molecule has 0 N–H and O–H groups in total. The molecule has 0 bridgehead atoms. The number of hydrogen-bond donors (Lipinski definition) is 0. The molecule has 3 rings (SSSR count). The van der Waals surface area contributed by atoms with E-state index >= 15 is 0 Å². The summed E-state index contributed by atoms with van der Waals surface area (Å²) in [6, 6.07) is 0. The molecule has 3 heterocycles. The molecule has 2 aliphatic rings. The highest BCUT2D eigenvalue weighted by Gasteiger charge is 2.24. The Morgan fingerprint density at radius 3 is 2.75 bits per heavy atom. The number of aromatic nitrogens is 2. The summed E-state index contributed by atoms with van der Waals surface area (Å²) in [7, 11) is 0. The first kappa shape index (κ1) is 14.2.